The van der Waals surface area contributed by atoms with Gasteiger partial charge in [0.25, 0.3) is 5.91 Å². The number of aliphatic carboxylic acids is 1. The van der Waals surface area contributed by atoms with E-state index in [9.17, 15) is 9.59 Å². The molecule has 4 rings (SSSR count). The van der Waals surface area contributed by atoms with Crippen LogP contribution in [-0.4, -0.2) is 50.0 Å². The van der Waals surface area contributed by atoms with Gasteiger partial charge in [-0.15, -0.1) is 0 Å². The number of amides is 1. The number of thioether (sulfide) groups is 1. The fourth-order valence-electron chi connectivity index (χ4n) is 3.46. The van der Waals surface area contributed by atoms with Gasteiger partial charge in [0, 0.05) is 29.3 Å². The summed E-state index contributed by atoms with van der Waals surface area (Å²) < 4.78 is 7.84. The zero-order valence-corrected chi connectivity index (χ0v) is 16.1. The van der Waals surface area contributed by atoms with Crippen molar-refractivity contribution < 1.29 is 19.4 Å². The predicted molar refractivity (Wildman–Crippen MR) is 108 cm³/mol. The van der Waals surface area contributed by atoms with E-state index in [1.165, 1.54) is 11.8 Å². The number of hydrogen-bond donors (Lipinski definition) is 1. The van der Waals surface area contributed by atoms with Gasteiger partial charge in [-0.05, 0) is 25.0 Å². The van der Waals surface area contributed by atoms with E-state index in [0.717, 1.165) is 35.9 Å². The van der Waals surface area contributed by atoms with Crippen LogP contribution in [0.4, 0.5) is 0 Å². The maximum atomic E-state index is 12.8. The molecule has 1 N–H and O–H groups in total. The monoisotopic (exact) mass is 402 g/mol. The smallest absolute Gasteiger partial charge is 0.323 e. The van der Waals surface area contributed by atoms with Crippen molar-refractivity contribution in [3.8, 4) is 0 Å². The van der Waals surface area contributed by atoms with Crippen molar-refractivity contribution in [2.24, 2.45) is 0 Å². The van der Waals surface area contributed by atoms with E-state index in [4.69, 9.17) is 22.1 Å². The van der Waals surface area contributed by atoms with Crippen molar-refractivity contribution in [1.82, 2.24) is 9.47 Å². The normalized spacial score (nSPS) is 21.7. The molecule has 1 atom stereocenters. The number of aromatic nitrogens is 1. The number of carboxylic acids is 1. The number of hydrogen-bond acceptors (Lipinski definition) is 5. The highest BCUT2D eigenvalue weighted by Gasteiger charge is 2.34. The minimum atomic E-state index is -0.912. The minimum absolute atomic E-state index is 0.0457. The first-order chi connectivity index (χ1) is 13.0. The van der Waals surface area contributed by atoms with E-state index in [1.54, 1.807) is 21.7 Å². The van der Waals surface area contributed by atoms with Gasteiger partial charge in [-0.1, -0.05) is 42.2 Å². The first kappa shape index (κ1) is 18.2. The van der Waals surface area contributed by atoms with Crippen LogP contribution >= 0.6 is 24.0 Å². The second-order valence-electron chi connectivity index (χ2n) is 6.55. The second-order valence-corrected chi connectivity index (χ2v) is 8.23. The Labute approximate surface area is 165 Å². The van der Waals surface area contributed by atoms with Crippen molar-refractivity contribution in [2.45, 2.75) is 25.5 Å². The zero-order valence-electron chi connectivity index (χ0n) is 14.5. The summed E-state index contributed by atoms with van der Waals surface area (Å²) in [6, 6.07) is 7.56. The van der Waals surface area contributed by atoms with E-state index in [-0.39, 0.29) is 18.6 Å². The van der Waals surface area contributed by atoms with Gasteiger partial charge in [-0.3, -0.25) is 14.5 Å². The van der Waals surface area contributed by atoms with Crippen molar-refractivity contribution in [3.63, 3.8) is 0 Å². The van der Waals surface area contributed by atoms with E-state index >= 15 is 0 Å². The first-order valence-electron chi connectivity index (χ1n) is 8.69. The number of benzene rings is 1. The van der Waals surface area contributed by atoms with Gasteiger partial charge < -0.3 is 14.4 Å². The van der Waals surface area contributed by atoms with Crippen LogP contribution in [0, 0.1) is 0 Å². The molecule has 2 saturated heterocycles. The Morgan fingerprint density at radius 3 is 2.96 bits per heavy atom. The summed E-state index contributed by atoms with van der Waals surface area (Å²) >= 11 is 6.67. The molecule has 2 fully saturated rings. The van der Waals surface area contributed by atoms with Crippen LogP contribution in [0.25, 0.3) is 17.0 Å². The van der Waals surface area contributed by atoms with Crippen molar-refractivity contribution in [1.29, 1.82) is 0 Å². The molecule has 3 heterocycles. The number of rotatable bonds is 5. The average Bonchev–Trinajstić information content (AvgIpc) is 3.32. The molecule has 2 aliphatic heterocycles. The Morgan fingerprint density at radius 2 is 2.22 bits per heavy atom. The van der Waals surface area contributed by atoms with E-state index in [1.807, 2.05) is 24.3 Å². The number of thiocarbonyl (C=S) groups is 1. The van der Waals surface area contributed by atoms with Crippen LogP contribution in [0.2, 0.25) is 0 Å². The summed E-state index contributed by atoms with van der Waals surface area (Å²) in [6.07, 6.45) is 5.57. The Morgan fingerprint density at radius 1 is 1.41 bits per heavy atom. The van der Waals surface area contributed by atoms with Gasteiger partial charge in [-0.25, -0.2) is 0 Å². The molecule has 1 aromatic heterocycles. The molecular weight excluding hydrogens is 384 g/mol. The Balaban J connectivity index is 1.64. The van der Waals surface area contributed by atoms with Gasteiger partial charge >= 0.3 is 5.97 Å². The lowest BCUT2D eigenvalue weighted by atomic mass is 10.1. The van der Waals surface area contributed by atoms with E-state index < -0.39 is 5.97 Å². The van der Waals surface area contributed by atoms with Crippen LogP contribution in [0.15, 0.2) is 35.4 Å². The molecule has 1 amide bonds. The highest BCUT2D eigenvalue weighted by molar-refractivity contribution is 8.26. The fraction of sp³-hybridized carbons (Fsp3) is 0.316. The predicted octanol–water partition coefficient (Wildman–Crippen LogP) is 3.11. The lowest BCUT2D eigenvalue weighted by Gasteiger charge is -2.18. The molecule has 0 spiro atoms. The number of carboxylic acid groups (broad SMARTS) is 1. The number of carbonyl (C=O) groups is 2. The van der Waals surface area contributed by atoms with Gasteiger partial charge in [0.15, 0.2) is 0 Å². The van der Waals surface area contributed by atoms with Crippen LogP contribution in [0.5, 0.6) is 0 Å². The van der Waals surface area contributed by atoms with Gasteiger partial charge in [0.05, 0.1) is 17.6 Å². The molecule has 1 aromatic carbocycles. The molecule has 0 aliphatic carbocycles. The maximum Gasteiger partial charge on any atom is 0.323 e. The van der Waals surface area contributed by atoms with E-state index in [2.05, 4.69) is 0 Å². The Kier molecular flexibility index (Phi) is 5.03. The summed E-state index contributed by atoms with van der Waals surface area (Å²) in [7, 11) is 0. The average molecular weight is 402 g/mol. The Bertz CT molecular complexity index is 960. The maximum absolute atomic E-state index is 12.8. The number of para-hydroxylation sites is 1. The third kappa shape index (κ3) is 3.65. The lowest BCUT2D eigenvalue weighted by Crippen LogP contribution is -2.35. The first-order valence-corrected chi connectivity index (χ1v) is 9.92. The molecule has 0 saturated carbocycles. The topological polar surface area (TPSA) is 71.8 Å². The minimum Gasteiger partial charge on any atom is -0.480 e. The zero-order chi connectivity index (χ0) is 19.0. The number of fused-ring (bicyclic) bond motifs is 1. The van der Waals surface area contributed by atoms with Crippen molar-refractivity contribution >= 4 is 57.2 Å². The number of ether oxygens (including phenoxy) is 1. The summed E-state index contributed by atoms with van der Waals surface area (Å²) in [5.74, 6) is -1.03. The van der Waals surface area contributed by atoms with Crippen LogP contribution in [-0.2, 0) is 20.9 Å². The molecule has 0 bridgehead atoms. The summed E-state index contributed by atoms with van der Waals surface area (Å²) in [4.78, 5) is 26.1. The lowest BCUT2D eigenvalue weighted by molar-refractivity contribution is -0.137. The molecule has 2 aliphatic rings. The molecule has 0 radical (unpaired) electrons. The third-order valence-electron chi connectivity index (χ3n) is 4.70. The molecule has 27 heavy (non-hydrogen) atoms. The summed E-state index contributed by atoms with van der Waals surface area (Å²) in [5.41, 5.74) is 1.63. The largest absolute Gasteiger partial charge is 0.480 e. The third-order valence-corrected chi connectivity index (χ3v) is 6.07. The van der Waals surface area contributed by atoms with Crippen molar-refractivity contribution in [2.75, 3.05) is 13.2 Å². The SMILES string of the molecule is O=C(O)Cn1cc(/C=C2\SC(=S)N(C[C@@H]3CCCO3)C2=O)c2ccccc21. The molecule has 2 aromatic rings. The molecule has 6 nitrogen and oxygen atoms in total. The summed E-state index contributed by atoms with van der Waals surface area (Å²) in [5, 5.41) is 10.0. The highest BCUT2D eigenvalue weighted by atomic mass is 32.2. The Hall–Kier alpha value is -2.16. The molecule has 140 valence electrons. The van der Waals surface area contributed by atoms with Gasteiger partial charge in [0.1, 0.15) is 10.9 Å². The van der Waals surface area contributed by atoms with Gasteiger partial charge in [0.2, 0.25) is 0 Å². The van der Waals surface area contributed by atoms with Crippen LogP contribution in [0.1, 0.15) is 18.4 Å². The number of carbonyl (C=O) groups excluding carboxylic acids is 1. The van der Waals surface area contributed by atoms with E-state index in [0.29, 0.717) is 15.8 Å². The quantitative estimate of drug-likeness (QED) is 0.612. The fourth-order valence-corrected chi connectivity index (χ4v) is 4.72. The second kappa shape index (κ2) is 7.46. The summed E-state index contributed by atoms with van der Waals surface area (Å²) in [6.45, 7) is 1.09. The molecule has 0 unspecified atom stereocenters. The standard InChI is InChI=1S/C19H18N2O4S2/c22-17(23)11-20-9-12(14-5-1-2-6-15(14)20)8-16-18(24)21(19(26)27-16)10-13-4-3-7-25-13/h1-2,5-6,8-9,13H,3-4,7,10-11H2,(H,22,23)/b16-8-/t13-/m0/s1. The highest BCUT2D eigenvalue weighted by Crippen LogP contribution is 2.35. The van der Waals surface area contributed by atoms with Crippen LogP contribution < -0.4 is 0 Å². The molecular formula is C19H18N2O4S2. The number of nitrogens with zero attached hydrogens (tertiary/aromatic N) is 2. The van der Waals surface area contributed by atoms with Crippen LogP contribution in [0.3, 0.4) is 0 Å². The van der Waals surface area contributed by atoms with Gasteiger partial charge in [-0.2, -0.15) is 0 Å². The van der Waals surface area contributed by atoms with Crippen molar-refractivity contribution in [3.05, 3.63) is 40.9 Å². The molecule has 8 heteroatoms.